The Morgan fingerprint density at radius 2 is 0.865 bits per heavy atom. The Labute approximate surface area is 305 Å². The Morgan fingerprint density at radius 3 is 1.56 bits per heavy atom. The van der Waals surface area contributed by atoms with Crippen LogP contribution in [0.5, 0.6) is 0 Å². The summed E-state index contributed by atoms with van der Waals surface area (Å²) in [5.41, 5.74) is 14.5. The van der Waals surface area contributed by atoms with Gasteiger partial charge in [-0.2, -0.15) is 0 Å². The molecule has 0 unspecified atom stereocenters. The zero-order valence-corrected chi connectivity index (χ0v) is 29.0. The van der Waals surface area contributed by atoms with Crippen molar-refractivity contribution in [3.8, 4) is 67.3 Å². The minimum Gasteiger partial charge on any atom is -0.299 e. The molecule has 7 aromatic carbocycles. The second-order valence-corrected chi connectivity index (χ2v) is 14.1. The summed E-state index contributed by atoms with van der Waals surface area (Å²) in [6.45, 7) is 0. The first-order chi connectivity index (χ1) is 25.8. The van der Waals surface area contributed by atoms with Gasteiger partial charge in [-0.1, -0.05) is 158 Å². The fourth-order valence-electron chi connectivity index (χ4n) is 7.28. The lowest BCUT2D eigenvalue weighted by molar-refractivity contribution is 1.18. The topological polar surface area (TPSA) is 30.2 Å². The number of benzene rings is 7. The van der Waals surface area contributed by atoms with E-state index < -0.39 is 0 Å². The number of hydrogen-bond donors (Lipinski definition) is 0. The van der Waals surface area contributed by atoms with Crippen LogP contribution in [0, 0.1) is 0 Å². The van der Waals surface area contributed by atoms with E-state index in [4.69, 9.17) is 9.97 Å². The molecule has 10 rings (SSSR count). The zero-order valence-electron chi connectivity index (χ0n) is 28.1. The summed E-state index contributed by atoms with van der Waals surface area (Å²) < 4.78 is 3.69. The number of nitrogens with zero attached hydrogens (tertiary/aromatic N) is 3. The predicted octanol–water partition coefficient (Wildman–Crippen LogP) is 13.1. The van der Waals surface area contributed by atoms with Crippen LogP contribution in [0.1, 0.15) is 0 Å². The first kappa shape index (κ1) is 30.2. The van der Waals surface area contributed by atoms with Gasteiger partial charge in [0.1, 0.15) is 4.83 Å². The fourth-order valence-corrected chi connectivity index (χ4v) is 8.51. The van der Waals surface area contributed by atoms with Gasteiger partial charge in [-0.25, -0.2) is 9.97 Å². The van der Waals surface area contributed by atoms with E-state index in [9.17, 15) is 0 Å². The van der Waals surface area contributed by atoms with Crippen molar-refractivity contribution >= 4 is 37.3 Å². The van der Waals surface area contributed by atoms with Gasteiger partial charge in [-0.15, -0.1) is 11.3 Å². The molecule has 3 nitrogen and oxygen atoms in total. The van der Waals surface area contributed by atoms with Crippen molar-refractivity contribution in [1.82, 2.24) is 14.4 Å². The maximum absolute atomic E-state index is 5.24. The highest BCUT2D eigenvalue weighted by Crippen LogP contribution is 2.43. The fraction of sp³-hybridized carbons (Fsp3) is 0. The SMILES string of the molecule is c1ccc(-c2ccc(-c3cc(-c4cccc(-c5c6ccccc6n6c5sc5ccccc56)c4)nc(-c4ccc(-c5ccccc5)cc4)n3)cc2)cc1. The Bertz CT molecular complexity index is 2770. The van der Waals surface area contributed by atoms with Crippen LogP contribution in [0.25, 0.3) is 93.2 Å². The van der Waals surface area contributed by atoms with E-state index in [0.29, 0.717) is 5.82 Å². The number of hydrogen-bond acceptors (Lipinski definition) is 3. The van der Waals surface area contributed by atoms with Crippen LogP contribution in [0.4, 0.5) is 0 Å². The minimum atomic E-state index is 0.700. The van der Waals surface area contributed by atoms with Gasteiger partial charge in [0.25, 0.3) is 0 Å². The van der Waals surface area contributed by atoms with E-state index in [1.54, 1.807) is 0 Å². The van der Waals surface area contributed by atoms with E-state index in [1.807, 2.05) is 23.5 Å². The summed E-state index contributed by atoms with van der Waals surface area (Å²) in [7, 11) is 0. The largest absolute Gasteiger partial charge is 0.299 e. The molecule has 0 radical (unpaired) electrons. The van der Waals surface area contributed by atoms with Crippen molar-refractivity contribution in [2.24, 2.45) is 0 Å². The molecule has 3 heterocycles. The summed E-state index contributed by atoms with van der Waals surface area (Å²) in [5.74, 6) is 0.700. The maximum atomic E-state index is 5.24. The second kappa shape index (κ2) is 12.6. The Hall–Kier alpha value is -6.62. The van der Waals surface area contributed by atoms with E-state index in [2.05, 4.69) is 180 Å². The van der Waals surface area contributed by atoms with Crippen molar-refractivity contribution in [1.29, 1.82) is 0 Å². The molecular weight excluding hydrogens is 651 g/mol. The maximum Gasteiger partial charge on any atom is 0.160 e. The average Bonchev–Trinajstić information content (AvgIpc) is 3.76. The normalized spacial score (nSPS) is 11.5. The minimum absolute atomic E-state index is 0.700. The van der Waals surface area contributed by atoms with Crippen LogP contribution in [0.3, 0.4) is 0 Å². The van der Waals surface area contributed by atoms with Crippen molar-refractivity contribution in [2.75, 3.05) is 0 Å². The second-order valence-electron chi connectivity index (χ2n) is 13.0. The first-order valence-electron chi connectivity index (χ1n) is 17.5. The van der Waals surface area contributed by atoms with Crippen LogP contribution >= 0.6 is 11.3 Å². The van der Waals surface area contributed by atoms with Crippen molar-refractivity contribution in [3.63, 3.8) is 0 Å². The lowest BCUT2D eigenvalue weighted by atomic mass is 9.99. The molecule has 244 valence electrons. The molecule has 0 aliphatic carbocycles. The van der Waals surface area contributed by atoms with Gasteiger partial charge < -0.3 is 0 Å². The highest BCUT2D eigenvalue weighted by atomic mass is 32.1. The summed E-state index contributed by atoms with van der Waals surface area (Å²) in [6.07, 6.45) is 0. The quantitative estimate of drug-likeness (QED) is 0.175. The van der Waals surface area contributed by atoms with Crippen molar-refractivity contribution in [2.45, 2.75) is 0 Å². The molecule has 3 aromatic heterocycles. The molecular formula is C48H31N3S. The van der Waals surface area contributed by atoms with Gasteiger partial charge in [0.15, 0.2) is 5.82 Å². The third-order valence-corrected chi connectivity index (χ3v) is 11.0. The van der Waals surface area contributed by atoms with Gasteiger partial charge in [0, 0.05) is 27.6 Å². The molecule has 0 aliphatic rings. The summed E-state index contributed by atoms with van der Waals surface area (Å²) in [4.78, 5) is 11.7. The zero-order chi connectivity index (χ0) is 34.4. The molecule has 0 saturated carbocycles. The Balaban J connectivity index is 1.12. The van der Waals surface area contributed by atoms with E-state index in [-0.39, 0.29) is 0 Å². The number of para-hydroxylation sites is 2. The number of fused-ring (bicyclic) bond motifs is 5. The summed E-state index contributed by atoms with van der Waals surface area (Å²) >= 11 is 1.85. The lowest BCUT2D eigenvalue weighted by Crippen LogP contribution is -1.96. The molecule has 0 amide bonds. The van der Waals surface area contributed by atoms with Crippen LogP contribution in [0.15, 0.2) is 188 Å². The third kappa shape index (κ3) is 5.29. The highest BCUT2D eigenvalue weighted by Gasteiger charge is 2.19. The van der Waals surface area contributed by atoms with E-state index in [0.717, 1.165) is 33.6 Å². The smallest absolute Gasteiger partial charge is 0.160 e. The monoisotopic (exact) mass is 681 g/mol. The van der Waals surface area contributed by atoms with Crippen LogP contribution in [-0.2, 0) is 0 Å². The van der Waals surface area contributed by atoms with Gasteiger partial charge in [-0.3, -0.25) is 4.40 Å². The van der Waals surface area contributed by atoms with Gasteiger partial charge >= 0.3 is 0 Å². The standard InChI is InChI=1S/C48H31N3S/c1-3-12-32(13-4-1)34-22-26-36(27-23-34)41-31-42(50-47(49-41)37-28-24-35(25-29-37)33-14-5-2-6-15-33)38-16-11-17-39(30-38)46-40-18-7-8-19-43(40)51-44-20-9-10-21-45(44)52-48(46)51/h1-31H. The molecule has 0 atom stereocenters. The number of aromatic nitrogens is 3. The highest BCUT2D eigenvalue weighted by molar-refractivity contribution is 7.24. The first-order valence-corrected chi connectivity index (χ1v) is 18.3. The predicted molar refractivity (Wildman–Crippen MR) is 218 cm³/mol. The molecule has 0 fully saturated rings. The lowest BCUT2D eigenvalue weighted by Gasteiger charge is -2.11. The third-order valence-electron chi connectivity index (χ3n) is 9.86. The summed E-state index contributed by atoms with van der Waals surface area (Å²) in [5, 5.41) is 1.25. The van der Waals surface area contributed by atoms with Gasteiger partial charge in [0.2, 0.25) is 0 Å². The molecule has 0 aliphatic heterocycles. The molecule has 4 heteroatoms. The Kier molecular flexibility index (Phi) is 7.33. The molecule has 0 spiro atoms. The van der Waals surface area contributed by atoms with Gasteiger partial charge in [0.05, 0.1) is 27.1 Å². The number of rotatable bonds is 6. The van der Waals surface area contributed by atoms with Crippen molar-refractivity contribution in [3.05, 3.63) is 188 Å². The molecule has 10 aromatic rings. The summed E-state index contributed by atoms with van der Waals surface area (Å²) in [6, 6.07) is 66.6. The number of thiazole rings is 1. The van der Waals surface area contributed by atoms with Crippen molar-refractivity contribution < 1.29 is 0 Å². The molecule has 52 heavy (non-hydrogen) atoms. The molecule has 0 bridgehead atoms. The molecule has 0 saturated heterocycles. The van der Waals surface area contributed by atoms with E-state index >= 15 is 0 Å². The Morgan fingerprint density at radius 1 is 0.365 bits per heavy atom. The average molecular weight is 682 g/mol. The van der Waals surface area contributed by atoms with Crippen LogP contribution in [0.2, 0.25) is 0 Å². The van der Waals surface area contributed by atoms with Crippen LogP contribution in [-0.4, -0.2) is 14.4 Å². The van der Waals surface area contributed by atoms with Gasteiger partial charge in [-0.05, 0) is 58.1 Å². The van der Waals surface area contributed by atoms with E-state index in [1.165, 1.54) is 53.8 Å². The van der Waals surface area contributed by atoms with Crippen LogP contribution < -0.4 is 0 Å². The molecule has 0 N–H and O–H groups in total.